The molecule has 2 aromatic heterocycles. The zero-order valence-electron chi connectivity index (χ0n) is 7.97. The first-order valence-electron chi connectivity index (χ1n) is 4.23. The van der Waals surface area contributed by atoms with Gasteiger partial charge in [-0.05, 0) is 12.1 Å². The monoisotopic (exact) mass is 208 g/mol. The Morgan fingerprint density at radius 1 is 1.60 bits per heavy atom. The number of ether oxygens (including phenoxy) is 1. The van der Waals surface area contributed by atoms with Crippen LogP contribution in [-0.4, -0.2) is 23.2 Å². The lowest BCUT2D eigenvalue weighted by Gasteiger charge is -1.91. The van der Waals surface area contributed by atoms with Crippen molar-refractivity contribution in [3.63, 3.8) is 0 Å². The first-order chi connectivity index (χ1) is 7.29. The molecule has 0 saturated heterocycles. The van der Waals surface area contributed by atoms with Gasteiger partial charge in [0.15, 0.2) is 5.76 Å². The zero-order chi connectivity index (χ0) is 10.7. The van der Waals surface area contributed by atoms with E-state index < -0.39 is 5.97 Å². The Morgan fingerprint density at radius 2 is 2.47 bits per heavy atom. The van der Waals surface area contributed by atoms with E-state index in [1.807, 2.05) is 0 Å². The summed E-state index contributed by atoms with van der Waals surface area (Å²) in [6, 6.07) is 3.42. The Labute approximate surface area is 84.8 Å². The van der Waals surface area contributed by atoms with Crippen molar-refractivity contribution < 1.29 is 18.5 Å². The molecular formula is C9H8N2O4. The van der Waals surface area contributed by atoms with Gasteiger partial charge in [0.1, 0.15) is 6.42 Å². The molecular weight excluding hydrogens is 200 g/mol. The number of carbonyl (C=O) groups excluding carboxylic acids is 1. The number of esters is 1. The third-order valence-electron chi connectivity index (χ3n) is 1.73. The molecule has 15 heavy (non-hydrogen) atoms. The van der Waals surface area contributed by atoms with E-state index in [0.29, 0.717) is 11.6 Å². The van der Waals surface area contributed by atoms with Crippen molar-refractivity contribution >= 4 is 5.97 Å². The quantitative estimate of drug-likeness (QED) is 0.701. The summed E-state index contributed by atoms with van der Waals surface area (Å²) in [5, 5.41) is 3.66. The molecule has 0 aliphatic rings. The first kappa shape index (κ1) is 9.45. The normalized spacial score (nSPS) is 10.2. The minimum atomic E-state index is -0.426. The van der Waals surface area contributed by atoms with Gasteiger partial charge in [-0.3, -0.25) is 4.79 Å². The van der Waals surface area contributed by atoms with Gasteiger partial charge in [0.05, 0.1) is 13.4 Å². The fourth-order valence-corrected chi connectivity index (χ4v) is 1.03. The summed E-state index contributed by atoms with van der Waals surface area (Å²) in [5.74, 6) is 0.590. The van der Waals surface area contributed by atoms with Gasteiger partial charge in [-0.25, -0.2) is 0 Å². The summed E-state index contributed by atoms with van der Waals surface area (Å²) < 4.78 is 14.4. The molecule has 78 valence electrons. The third kappa shape index (κ3) is 2.04. The average Bonchev–Trinajstić information content (AvgIpc) is 2.85. The molecule has 6 heteroatoms. The smallest absolute Gasteiger partial charge is 0.315 e. The molecule has 0 bridgehead atoms. The number of rotatable bonds is 3. The lowest BCUT2D eigenvalue weighted by atomic mass is 10.4. The molecule has 0 atom stereocenters. The molecule has 2 aromatic rings. The fourth-order valence-electron chi connectivity index (χ4n) is 1.03. The molecule has 0 aliphatic heterocycles. The van der Waals surface area contributed by atoms with E-state index in [2.05, 4.69) is 14.9 Å². The van der Waals surface area contributed by atoms with Crippen molar-refractivity contribution in [2.75, 3.05) is 7.11 Å². The van der Waals surface area contributed by atoms with Crippen LogP contribution in [0.1, 0.15) is 5.89 Å². The number of hydrogen-bond acceptors (Lipinski definition) is 6. The van der Waals surface area contributed by atoms with E-state index in [9.17, 15) is 4.79 Å². The van der Waals surface area contributed by atoms with Crippen LogP contribution < -0.4 is 0 Å². The Bertz CT molecular complexity index is 446. The van der Waals surface area contributed by atoms with E-state index in [1.165, 1.54) is 13.4 Å². The topological polar surface area (TPSA) is 78.4 Å². The Balaban J connectivity index is 2.14. The second-order valence-corrected chi connectivity index (χ2v) is 2.74. The number of aromatic nitrogens is 2. The standard InChI is InChI=1S/C9H8N2O4/c1-13-8(12)5-7-10-9(11-15-7)6-3-2-4-14-6/h2-4H,5H2,1H3. The maximum Gasteiger partial charge on any atom is 0.315 e. The predicted molar refractivity (Wildman–Crippen MR) is 47.7 cm³/mol. The Hall–Kier alpha value is -2.11. The number of methoxy groups -OCH3 is 1. The van der Waals surface area contributed by atoms with Gasteiger partial charge in [-0.1, -0.05) is 5.16 Å². The Kier molecular flexibility index (Phi) is 2.49. The second-order valence-electron chi connectivity index (χ2n) is 2.74. The number of carbonyl (C=O) groups is 1. The molecule has 0 aliphatic carbocycles. The van der Waals surface area contributed by atoms with Crippen molar-refractivity contribution in [1.29, 1.82) is 0 Å². The van der Waals surface area contributed by atoms with E-state index in [0.717, 1.165) is 0 Å². The highest BCUT2D eigenvalue weighted by molar-refractivity contribution is 5.71. The first-order valence-corrected chi connectivity index (χ1v) is 4.23. The average molecular weight is 208 g/mol. The molecule has 0 aromatic carbocycles. The molecule has 0 radical (unpaired) electrons. The summed E-state index contributed by atoms with van der Waals surface area (Å²) in [7, 11) is 1.30. The van der Waals surface area contributed by atoms with Crippen LogP contribution in [0.5, 0.6) is 0 Å². The SMILES string of the molecule is COC(=O)Cc1nc(-c2ccco2)no1. The van der Waals surface area contributed by atoms with E-state index in [-0.39, 0.29) is 12.3 Å². The van der Waals surface area contributed by atoms with Crippen LogP contribution in [-0.2, 0) is 16.0 Å². The summed E-state index contributed by atoms with van der Waals surface area (Å²) >= 11 is 0. The lowest BCUT2D eigenvalue weighted by molar-refractivity contribution is -0.140. The van der Waals surface area contributed by atoms with Crippen LogP contribution in [0.15, 0.2) is 27.3 Å². The van der Waals surface area contributed by atoms with Gasteiger partial charge in [0, 0.05) is 0 Å². The van der Waals surface area contributed by atoms with Gasteiger partial charge >= 0.3 is 5.97 Å². The molecule has 2 heterocycles. The molecule has 0 N–H and O–H groups in total. The molecule has 0 fully saturated rings. The number of hydrogen-bond donors (Lipinski definition) is 0. The second kappa shape index (κ2) is 3.95. The van der Waals surface area contributed by atoms with Crippen molar-refractivity contribution in [3.8, 4) is 11.6 Å². The van der Waals surface area contributed by atoms with Crippen molar-refractivity contribution in [2.24, 2.45) is 0 Å². The maximum atomic E-state index is 10.9. The minimum absolute atomic E-state index is 0.0375. The molecule has 0 unspecified atom stereocenters. The zero-order valence-corrected chi connectivity index (χ0v) is 7.97. The van der Waals surface area contributed by atoms with Gasteiger partial charge < -0.3 is 13.7 Å². The summed E-state index contributed by atoms with van der Waals surface area (Å²) in [6.07, 6.45) is 1.47. The fraction of sp³-hybridized carbons (Fsp3) is 0.222. The largest absolute Gasteiger partial charge is 0.469 e. The number of furan rings is 1. The van der Waals surface area contributed by atoms with Crippen molar-refractivity contribution in [2.45, 2.75) is 6.42 Å². The summed E-state index contributed by atoms with van der Waals surface area (Å²) in [5.41, 5.74) is 0. The third-order valence-corrected chi connectivity index (χ3v) is 1.73. The highest BCUT2D eigenvalue weighted by atomic mass is 16.5. The molecule has 0 saturated carbocycles. The maximum absolute atomic E-state index is 10.9. The van der Waals surface area contributed by atoms with Crippen LogP contribution in [0.3, 0.4) is 0 Å². The molecule has 6 nitrogen and oxygen atoms in total. The van der Waals surface area contributed by atoms with Gasteiger partial charge in [0.2, 0.25) is 11.7 Å². The van der Waals surface area contributed by atoms with Crippen molar-refractivity contribution in [3.05, 3.63) is 24.3 Å². The molecule has 0 amide bonds. The predicted octanol–water partition coefficient (Wildman–Crippen LogP) is 1.05. The summed E-state index contributed by atoms with van der Waals surface area (Å²) in [6.45, 7) is 0. The van der Waals surface area contributed by atoms with Crippen LogP contribution in [0, 0.1) is 0 Å². The Morgan fingerprint density at radius 3 is 3.13 bits per heavy atom. The minimum Gasteiger partial charge on any atom is -0.469 e. The number of nitrogens with zero attached hydrogens (tertiary/aromatic N) is 2. The highest BCUT2D eigenvalue weighted by Gasteiger charge is 2.13. The molecule has 0 spiro atoms. The van der Waals surface area contributed by atoms with Gasteiger partial charge in [-0.2, -0.15) is 4.98 Å². The van der Waals surface area contributed by atoms with Crippen LogP contribution >= 0.6 is 0 Å². The van der Waals surface area contributed by atoms with Crippen molar-refractivity contribution in [1.82, 2.24) is 10.1 Å². The lowest BCUT2D eigenvalue weighted by Crippen LogP contribution is -2.04. The summed E-state index contributed by atoms with van der Waals surface area (Å²) in [4.78, 5) is 14.9. The van der Waals surface area contributed by atoms with Crippen LogP contribution in [0.2, 0.25) is 0 Å². The van der Waals surface area contributed by atoms with E-state index in [4.69, 9.17) is 8.94 Å². The van der Waals surface area contributed by atoms with Gasteiger partial charge in [-0.15, -0.1) is 0 Å². The van der Waals surface area contributed by atoms with Crippen LogP contribution in [0.25, 0.3) is 11.6 Å². The van der Waals surface area contributed by atoms with Crippen LogP contribution in [0.4, 0.5) is 0 Å². The van der Waals surface area contributed by atoms with E-state index >= 15 is 0 Å². The molecule has 2 rings (SSSR count). The van der Waals surface area contributed by atoms with E-state index in [1.54, 1.807) is 12.1 Å². The van der Waals surface area contributed by atoms with Gasteiger partial charge in [0.25, 0.3) is 0 Å². The highest BCUT2D eigenvalue weighted by Crippen LogP contribution is 2.15.